The first-order chi connectivity index (χ1) is 14.7. The molecule has 0 aliphatic heterocycles. The Kier molecular flexibility index (Phi) is 8.62. The highest BCUT2D eigenvalue weighted by atomic mass is 32.1. The van der Waals surface area contributed by atoms with E-state index in [-0.39, 0.29) is 25.2 Å². The van der Waals surface area contributed by atoms with E-state index in [1.165, 1.54) is 6.20 Å². The highest BCUT2D eigenvalue weighted by molar-refractivity contribution is 7.60. The summed E-state index contributed by atoms with van der Waals surface area (Å²) in [6.07, 6.45) is -0.309. The molecule has 0 spiro atoms. The lowest BCUT2D eigenvalue weighted by Crippen LogP contribution is -2.41. The number of hydrogen-bond donors (Lipinski definition) is 6. The molecular weight excluding hydrogens is 490 g/mol. The van der Waals surface area contributed by atoms with Crippen LogP contribution in [0.4, 0.5) is 5.82 Å². The third kappa shape index (κ3) is 7.66. The molecule has 2 aromatic heterocycles. The third-order valence-corrected chi connectivity index (χ3v) is 7.70. The van der Waals surface area contributed by atoms with Gasteiger partial charge in [0.2, 0.25) is 5.01 Å². The second kappa shape index (κ2) is 10.4. The van der Waals surface area contributed by atoms with Crippen LogP contribution in [-0.4, -0.2) is 53.5 Å². The predicted molar refractivity (Wildman–Crippen MR) is 109 cm³/mol. The Hall–Kier alpha value is -1.80. The molecule has 0 fully saturated rings. The number of hydrogen-bond acceptors (Lipinski definition) is 10. The number of phosphoric acid groups is 2. The van der Waals surface area contributed by atoms with Crippen molar-refractivity contribution in [2.75, 3.05) is 12.3 Å². The second-order valence-corrected chi connectivity index (χ2v) is 10.6. The average molecular weight is 513 g/mol. The van der Waals surface area contributed by atoms with E-state index < -0.39 is 34.3 Å². The number of nitrogens with two attached hydrogens (primary N) is 1. The summed E-state index contributed by atoms with van der Waals surface area (Å²) >= 11 is 1.14. The van der Waals surface area contributed by atoms with Gasteiger partial charge in [-0.1, -0.05) is 11.3 Å². The molecule has 2 unspecified atom stereocenters. The monoisotopic (exact) mass is 513 g/mol. The van der Waals surface area contributed by atoms with E-state index in [1.54, 1.807) is 18.4 Å². The number of aliphatic hydroxyl groups is 1. The van der Waals surface area contributed by atoms with Gasteiger partial charge >= 0.3 is 21.6 Å². The number of thiazole rings is 1. The van der Waals surface area contributed by atoms with Crippen LogP contribution in [0.5, 0.6) is 0 Å². The molecular formula is C15H23N4O10P2S+. The number of nitrogen functional groups attached to an aromatic ring is 1. The van der Waals surface area contributed by atoms with E-state index in [4.69, 9.17) is 20.6 Å². The minimum absolute atomic E-state index is 0.0363. The summed E-state index contributed by atoms with van der Waals surface area (Å²) in [5.41, 5.74) is 7.14. The van der Waals surface area contributed by atoms with Crippen LogP contribution in [0.1, 0.15) is 27.0 Å². The molecule has 0 bridgehead atoms. The van der Waals surface area contributed by atoms with E-state index in [9.17, 15) is 23.9 Å². The van der Waals surface area contributed by atoms with Crippen molar-refractivity contribution in [1.82, 2.24) is 9.97 Å². The Bertz CT molecular complexity index is 1090. The van der Waals surface area contributed by atoms with Crippen LogP contribution in [-0.2, 0) is 42.1 Å². The zero-order chi connectivity index (χ0) is 24.3. The SMILES string of the molecule is Cc1ncc(C[n+]2c(CC(O)C(=O)O)sc(CCOP(=O)(O)OP(=O)(O)O)c2C)c(N)n1. The zero-order valence-electron chi connectivity index (χ0n) is 17.0. The van der Waals surface area contributed by atoms with Crippen molar-refractivity contribution in [1.29, 1.82) is 0 Å². The van der Waals surface area contributed by atoms with Crippen molar-refractivity contribution in [2.45, 2.75) is 39.3 Å². The van der Waals surface area contributed by atoms with Gasteiger partial charge in [-0.2, -0.15) is 8.88 Å². The summed E-state index contributed by atoms with van der Waals surface area (Å²) in [6.45, 7) is 3.13. The maximum atomic E-state index is 11.6. The van der Waals surface area contributed by atoms with E-state index in [1.807, 2.05) is 0 Å². The molecule has 2 aromatic rings. The van der Waals surface area contributed by atoms with E-state index in [0.29, 0.717) is 27.0 Å². The van der Waals surface area contributed by atoms with E-state index >= 15 is 0 Å². The number of nitrogens with zero attached hydrogens (tertiary/aromatic N) is 3. The van der Waals surface area contributed by atoms with Crippen molar-refractivity contribution < 1.29 is 52.2 Å². The molecule has 7 N–H and O–H groups in total. The number of phosphoric ester groups is 1. The number of aromatic nitrogens is 3. The molecule has 178 valence electrons. The number of rotatable bonds is 11. The van der Waals surface area contributed by atoms with Gasteiger partial charge in [0, 0.05) is 19.5 Å². The fourth-order valence-corrected chi connectivity index (χ4v) is 5.53. The molecule has 14 nitrogen and oxygen atoms in total. The van der Waals surface area contributed by atoms with Gasteiger partial charge < -0.3 is 30.6 Å². The first kappa shape index (κ1) is 26.5. The van der Waals surface area contributed by atoms with Crippen LogP contribution in [0.25, 0.3) is 0 Å². The van der Waals surface area contributed by atoms with Crippen molar-refractivity contribution in [3.05, 3.63) is 33.2 Å². The highest BCUT2D eigenvalue weighted by Crippen LogP contribution is 2.57. The molecule has 0 saturated heterocycles. The molecule has 0 amide bonds. The summed E-state index contributed by atoms with van der Waals surface area (Å²) in [5, 5.41) is 19.3. The lowest BCUT2D eigenvalue weighted by molar-refractivity contribution is -0.696. The first-order valence-corrected chi connectivity index (χ1v) is 12.8. The molecule has 2 heterocycles. The number of aliphatic hydroxyl groups excluding tert-OH is 1. The standard InChI is InChI=1S/C15H22N4O10P2S/c1-8-12(3-4-28-31(26,27)29-30(23,24)25)32-13(5-11(20)15(21)22)19(8)7-10-6-17-9(2)18-14(10)16/h6,11,20H,3-5,7H2,1-2H3,(H5-,16,17,18,21,22,23,24,25,26,27)/p+1. The Labute approximate surface area is 186 Å². The second-order valence-electron chi connectivity index (χ2n) is 6.60. The summed E-state index contributed by atoms with van der Waals surface area (Å²) in [4.78, 5) is 46.6. The van der Waals surface area contributed by atoms with E-state index in [2.05, 4.69) is 18.8 Å². The lowest BCUT2D eigenvalue weighted by atomic mass is 10.2. The van der Waals surface area contributed by atoms with Gasteiger partial charge in [-0.3, -0.25) is 4.52 Å². The summed E-state index contributed by atoms with van der Waals surface area (Å²) in [5.74, 6) is -0.689. The van der Waals surface area contributed by atoms with Gasteiger partial charge in [0.05, 0.1) is 23.5 Å². The number of carboxylic acid groups (broad SMARTS) is 1. The Morgan fingerprint density at radius 1 is 1.31 bits per heavy atom. The summed E-state index contributed by atoms with van der Waals surface area (Å²) in [7, 11) is -10.2. The number of aryl methyl sites for hydroxylation is 1. The topological polar surface area (TPSA) is 226 Å². The van der Waals surface area contributed by atoms with Gasteiger partial charge in [0.25, 0.3) is 0 Å². The summed E-state index contributed by atoms with van der Waals surface area (Å²) in [6, 6.07) is 0. The highest BCUT2D eigenvalue weighted by Gasteiger charge is 2.33. The fourth-order valence-electron chi connectivity index (χ4n) is 2.67. The Morgan fingerprint density at radius 3 is 2.53 bits per heavy atom. The molecule has 0 aromatic carbocycles. The third-order valence-electron chi connectivity index (χ3n) is 4.14. The smallest absolute Gasteiger partial charge is 0.479 e. The number of carbonyl (C=O) groups is 1. The molecule has 17 heteroatoms. The maximum Gasteiger partial charge on any atom is 0.481 e. The molecule has 32 heavy (non-hydrogen) atoms. The van der Waals surface area contributed by atoms with Crippen LogP contribution >= 0.6 is 27.0 Å². The maximum absolute atomic E-state index is 11.6. The average Bonchev–Trinajstić information content (AvgIpc) is 2.90. The predicted octanol–water partition coefficient (Wildman–Crippen LogP) is -0.170. The van der Waals surface area contributed by atoms with Gasteiger partial charge in [-0.15, -0.1) is 0 Å². The lowest BCUT2D eigenvalue weighted by Gasteiger charge is -2.11. The van der Waals surface area contributed by atoms with Crippen LogP contribution < -0.4 is 10.3 Å². The minimum Gasteiger partial charge on any atom is -0.479 e. The normalized spacial score (nSPS) is 14.8. The molecule has 0 aliphatic rings. The molecule has 0 aliphatic carbocycles. The minimum atomic E-state index is -5.23. The van der Waals surface area contributed by atoms with Crippen molar-refractivity contribution in [2.24, 2.45) is 0 Å². The largest absolute Gasteiger partial charge is 0.481 e. The zero-order valence-corrected chi connectivity index (χ0v) is 19.6. The molecule has 0 saturated carbocycles. The van der Waals surface area contributed by atoms with Crippen molar-refractivity contribution in [3.8, 4) is 0 Å². The Morgan fingerprint density at radius 2 is 1.97 bits per heavy atom. The van der Waals surface area contributed by atoms with Gasteiger partial charge in [0.15, 0.2) is 18.3 Å². The van der Waals surface area contributed by atoms with Gasteiger partial charge in [-0.05, 0) is 6.92 Å². The quantitative estimate of drug-likeness (QED) is 0.170. The van der Waals surface area contributed by atoms with Crippen LogP contribution in [0.3, 0.4) is 0 Å². The molecule has 2 atom stereocenters. The van der Waals surface area contributed by atoms with Crippen LogP contribution in [0.2, 0.25) is 0 Å². The van der Waals surface area contributed by atoms with Crippen LogP contribution in [0, 0.1) is 13.8 Å². The van der Waals surface area contributed by atoms with E-state index in [0.717, 1.165) is 11.3 Å². The first-order valence-electron chi connectivity index (χ1n) is 8.92. The molecule has 2 rings (SSSR count). The van der Waals surface area contributed by atoms with Crippen molar-refractivity contribution >= 4 is 38.8 Å². The van der Waals surface area contributed by atoms with Gasteiger partial charge in [-0.25, -0.2) is 23.9 Å². The number of carboxylic acids is 1. The summed E-state index contributed by atoms with van der Waals surface area (Å²) < 4.78 is 32.4. The fraction of sp³-hybridized carbons (Fsp3) is 0.467. The Balaban J connectivity index is 2.27. The number of aliphatic carboxylic acids is 1. The molecule has 0 radical (unpaired) electrons. The number of anilines is 1. The van der Waals surface area contributed by atoms with Crippen molar-refractivity contribution in [3.63, 3.8) is 0 Å². The van der Waals surface area contributed by atoms with Crippen LogP contribution in [0.15, 0.2) is 6.20 Å². The van der Waals surface area contributed by atoms with Gasteiger partial charge in [0.1, 0.15) is 11.6 Å².